The third kappa shape index (κ3) is 0.943. The SMILES string of the molecule is CC(=O)C1CC2(C)C=CC1C2. The van der Waals surface area contributed by atoms with E-state index < -0.39 is 0 Å². The molecule has 0 aromatic carbocycles. The lowest BCUT2D eigenvalue weighted by molar-refractivity contribution is -0.121. The Morgan fingerprint density at radius 2 is 2.27 bits per heavy atom. The van der Waals surface area contributed by atoms with Crippen LogP contribution in [-0.2, 0) is 4.79 Å². The Labute approximate surface area is 67.5 Å². The van der Waals surface area contributed by atoms with Crippen LogP contribution in [0.25, 0.3) is 0 Å². The predicted octanol–water partition coefficient (Wildman–Crippen LogP) is 2.18. The van der Waals surface area contributed by atoms with Crippen molar-refractivity contribution in [1.82, 2.24) is 0 Å². The van der Waals surface area contributed by atoms with Crippen LogP contribution in [-0.4, -0.2) is 5.78 Å². The van der Waals surface area contributed by atoms with Crippen LogP contribution in [0.1, 0.15) is 26.7 Å². The van der Waals surface area contributed by atoms with Gasteiger partial charge in [-0.1, -0.05) is 19.1 Å². The smallest absolute Gasteiger partial charge is 0.133 e. The highest BCUT2D eigenvalue weighted by Crippen LogP contribution is 2.52. The lowest BCUT2D eigenvalue weighted by Gasteiger charge is -2.19. The van der Waals surface area contributed by atoms with Gasteiger partial charge in [0.15, 0.2) is 0 Å². The summed E-state index contributed by atoms with van der Waals surface area (Å²) in [6.07, 6.45) is 6.81. The Morgan fingerprint density at radius 1 is 1.55 bits per heavy atom. The zero-order valence-electron chi connectivity index (χ0n) is 7.13. The first-order valence-electron chi connectivity index (χ1n) is 4.31. The maximum atomic E-state index is 11.1. The molecule has 0 saturated heterocycles. The fourth-order valence-electron chi connectivity index (χ4n) is 2.56. The fraction of sp³-hybridized carbons (Fsp3) is 0.700. The minimum Gasteiger partial charge on any atom is -0.300 e. The Kier molecular flexibility index (Phi) is 1.26. The molecule has 2 aliphatic rings. The molecule has 0 N–H and O–H groups in total. The summed E-state index contributed by atoms with van der Waals surface area (Å²) in [5.74, 6) is 1.28. The first-order chi connectivity index (χ1) is 5.11. The van der Waals surface area contributed by atoms with Crippen molar-refractivity contribution in [1.29, 1.82) is 0 Å². The Morgan fingerprint density at radius 3 is 2.55 bits per heavy atom. The average molecular weight is 150 g/mol. The monoisotopic (exact) mass is 150 g/mol. The van der Waals surface area contributed by atoms with Gasteiger partial charge in [-0.05, 0) is 31.1 Å². The number of allylic oxidation sites excluding steroid dienone is 2. The number of hydrogen-bond donors (Lipinski definition) is 0. The molecule has 2 aliphatic carbocycles. The molecule has 0 aromatic heterocycles. The van der Waals surface area contributed by atoms with Gasteiger partial charge in [-0.3, -0.25) is 4.79 Å². The van der Waals surface area contributed by atoms with E-state index in [-0.39, 0.29) is 0 Å². The molecule has 3 atom stereocenters. The van der Waals surface area contributed by atoms with Crippen molar-refractivity contribution < 1.29 is 4.79 Å². The second-order valence-corrected chi connectivity index (χ2v) is 4.30. The van der Waals surface area contributed by atoms with Crippen LogP contribution in [0.3, 0.4) is 0 Å². The van der Waals surface area contributed by atoms with Crippen LogP contribution in [0.2, 0.25) is 0 Å². The first kappa shape index (κ1) is 7.08. The van der Waals surface area contributed by atoms with Gasteiger partial charge in [-0.2, -0.15) is 0 Å². The van der Waals surface area contributed by atoms with Gasteiger partial charge in [0.25, 0.3) is 0 Å². The van der Waals surface area contributed by atoms with Crippen LogP contribution in [0.5, 0.6) is 0 Å². The number of fused-ring (bicyclic) bond motifs is 2. The Balaban J connectivity index is 2.23. The van der Waals surface area contributed by atoms with E-state index in [2.05, 4.69) is 19.1 Å². The summed E-state index contributed by atoms with van der Waals surface area (Å²) < 4.78 is 0. The summed E-state index contributed by atoms with van der Waals surface area (Å²) in [6.45, 7) is 3.98. The van der Waals surface area contributed by atoms with Crippen molar-refractivity contribution in [2.75, 3.05) is 0 Å². The molecular weight excluding hydrogens is 136 g/mol. The fourth-order valence-corrected chi connectivity index (χ4v) is 2.56. The minimum atomic E-state index is 0.338. The number of carbonyl (C=O) groups excluding carboxylic acids is 1. The molecular formula is C10H14O. The molecule has 0 radical (unpaired) electrons. The van der Waals surface area contributed by atoms with Crippen LogP contribution < -0.4 is 0 Å². The normalized spacial score (nSPS) is 46.7. The van der Waals surface area contributed by atoms with Crippen molar-refractivity contribution in [3.8, 4) is 0 Å². The van der Waals surface area contributed by atoms with Gasteiger partial charge in [-0.25, -0.2) is 0 Å². The molecule has 0 aromatic rings. The molecule has 2 rings (SSSR count). The summed E-state index contributed by atoms with van der Waals surface area (Å²) in [5, 5.41) is 0. The van der Waals surface area contributed by atoms with Crippen molar-refractivity contribution in [2.24, 2.45) is 17.3 Å². The van der Waals surface area contributed by atoms with Gasteiger partial charge in [-0.15, -0.1) is 0 Å². The van der Waals surface area contributed by atoms with Crippen molar-refractivity contribution in [3.05, 3.63) is 12.2 Å². The van der Waals surface area contributed by atoms with Crippen LogP contribution >= 0.6 is 0 Å². The van der Waals surface area contributed by atoms with Gasteiger partial charge >= 0.3 is 0 Å². The highest BCUT2D eigenvalue weighted by molar-refractivity contribution is 5.79. The highest BCUT2D eigenvalue weighted by atomic mass is 16.1. The highest BCUT2D eigenvalue weighted by Gasteiger charge is 2.45. The molecule has 2 bridgehead atoms. The van der Waals surface area contributed by atoms with Crippen molar-refractivity contribution >= 4 is 5.78 Å². The molecule has 1 fully saturated rings. The summed E-state index contributed by atoms with van der Waals surface area (Å²) in [5.41, 5.74) is 0.362. The van der Waals surface area contributed by atoms with Gasteiger partial charge < -0.3 is 0 Å². The van der Waals surface area contributed by atoms with E-state index in [0.717, 1.165) is 6.42 Å². The van der Waals surface area contributed by atoms with Gasteiger partial charge in [0.05, 0.1) is 0 Å². The maximum Gasteiger partial charge on any atom is 0.133 e. The molecule has 1 heteroatoms. The predicted molar refractivity (Wildman–Crippen MR) is 44.1 cm³/mol. The molecule has 1 nitrogen and oxygen atoms in total. The van der Waals surface area contributed by atoms with Gasteiger partial charge in [0.1, 0.15) is 5.78 Å². The van der Waals surface area contributed by atoms with Crippen LogP contribution in [0, 0.1) is 17.3 Å². The topological polar surface area (TPSA) is 17.1 Å². The molecule has 1 saturated carbocycles. The summed E-state index contributed by atoms with van der Waals surface area (Å²) >= 11 is 0. The van der Waals surface area contributed by atoms with E-state index in [1.807, 2.05) is 0 Å². The standard InChI is InChI=1S/C10H14O/c1-7(11)9-6-10(2)4-3-8(9)5-10/h3-4,8-9H,5-6H2,1-2H3. The quantitative estimate of drug-likeness (QED) is 0.523. The molecule has 0 amide bonds. The minimum absolute atomic E-state index is 0.338. The average Bonchev–Trinajstić information content (AvgIpc) is 2.41. The van der Waals surface area contributed by atoms with Crippen molar-refractivity contribution in [2.45, 2.75) is 26.7 Å². The van der Waals surface area contributed by atoms with Crippen LogP contribution in [0.4, 0.5) is 0 Å². The van der Waals surface area contributed by atoms with Crippen LogP contribution in [0.15, 0.2) is 12.2 Å². The number of Topliss-reactive ketones (excluding diaryl/α,β-unsaturated/α-hetero) is 1. The number of ketones is 1. The largest absolute Gasteiger partial charge is 0.300 e. The third-order valence-electron chi connectivity index (χ3n) is 3.17. The molecule has 11 heavy (non-hydrogen) atoms. The number of hydrogen-bond acceptors (Lipinski definition) is 1. The lowest BCUT2D eigenvalue weighted by atomic mass is 9.85. The molecule has 3 unspecified atom stereocenters. The Hall–Kier alpha value is -0.590. The third-order valence-corrected chi connectivity index (χ3v) is 3.17. The summed E-state index contributed by atoms with van der Waals surface area (Å²) in [6, 6.07) is 0. The zero-order chi connectivity index (χ0) is 8.06. The summed E-state index contributed by atoms with van der Waals surface area (Å²) in [4.78, 5) is 11.1. The van der Waals surface area contributed by atoms with Gasteiger partial charge in [0, 0.05) is 5.92 Å². The molecule has 60 valence electrons. The first-order valence-corrected chi connectivity index (χ1v) is 4.31. The second kappa shape index (κ2) is 1.96. The number of rotatable bonds is 1. The molecule has 0 heterocycles. The van der Waals surface area contributed by atoms with Crippen molar-refractivity contribution in [3.63, 3.8) is 0 Å². The number of carbonyl (C=O) groups is 1. The molecule has 0 aliphatic heterocycles. The van der Waals surface area contributed by atoms with E-state index >= 15 is 0 Å². The van der Waals surface area contributed by atoms with Gasteiger partial charge in [0.2, 0.25) is 0 Å². The lowest BCUT2D eigenvalue weighted by Crippen LogP contribution is -2.17. The van der Waals surface area contributed by atoms with E-state index in [4.69, 9.17) is 0 Å². The zero-order valence-corrected chi connectivity index (χ0v) is 7.13. The van der Waals surface area contributed by atoms with E-state index in [0.29, 0.717) is 23.0 Å². The second-order valence-electron chi connectivity index (χ2n) is 4.30. The molecule has 0 spiro atoms. The maximum absolute atomic E-state index is 11.1. The van der Waals surface area contributed by atoms with E-state index in [1.165, 1.54) is 6.42 Å². The Bertz CT molecular complexity index is 229. The van der Waals surface area contributed by atoms with E-state index in [9.17, 15) is 4.79 Å². The van der Waals surface area contributed by atoms with E-state index in [1.54, 1.807) is 6.92 Å². The summed E-state index contributed by atoms with van der Waals surface area (Å²) in [7, 11) is 0.